The highest BCUT2D eigenvalue weighted by Crippen LogP contribution is 2.16. The van der Waals surface area contributed by atoms with E-state index in [2.05, 4.69) is 10.1 Å². The molecule has 0 atom stereocenters. The first-order valence-corrected chi connectivity index (χ1v) is 4.30. The Hall–Kier alpha value is -1.71. The first-order valence-electron chi connectivity index (χ1n) is 4.30. The Morgan fingerprint density at radius 1 is 1.36 bits per heavy atom. The van der Waals surface area contributed by atoms with E-state index in [1.54, 1.807) is 17.8 Å². The number of benzene rings is 1. The third kappa shape index (κ3) is 1.51. The molecular weight excluding hydrogens is 181 g/mol. The lowest BCUT2D eigenvalue weighted by atomic mass is 10.2. The van der Waals surface area contributed by atoms with Crippen molar-refractivity contribution in [2.45, 2.75) is 6.92 Å². The van der Waals surface area contributed by atoms with Crippen molar-refractivity contribution in [3.63, 3.8) is 0 Å². The van der Waals surface area contributed by atoms with Crippen molar-refractivity contribution < 1.29 is 4.39 Å². The Kier molecular flexibility index (Phi) is 2.04. The molecule has 72 valence electrons. The normalized spacial score (nSPS) is 10.5. The van der Waals surface area contributed by atoms with Gasteiger partial charge < -0.3 is 0 Å². The van der Waals surface area contributed by atoms with Crippen LogP contribution in [0.25, 0.3) is 11.4 Å². The van der Waals surface area contributed by atoms with Crippen molar-refractivity contribution in [2.75, 3.05) is 0 Å². The van der Waals surface area contributed by atoms with Gasteiger partial charge in [0.25, 0.3) is 0 Å². The first-order chi connectivity index (χ1) is 6.66. The molecular formula is C10H10FN3. The summed E-state index contributed by atoms with van der Waals surface area (Å²) in [4.78, 5) is 4.21. The van der Waals surface area contributed by atoms with E-state index in [0.29, 0.717) is 11.6 Å². The maximum Gasteiger partial charge on any atom is 0.158 e. The Morgan fingerprint density at radius 3 is 2.71 bits per heavy atom. The van der Waals surface area contributed by atoms with Gasteiger partial charge in [0.05, 0.1) is 0 Å². The van der Waals surface area contributed by atoms with Crippen LogP contribution in [0.2, 0.25) is 0 Å². The fourth-order valence-corrected chi connectivity index (χ4v) is 1.39. The highest BCUT2D eigenvalue weighted by atomic mass is 19.1. The van der Waals surface area contributed by atoms with Crippen LogP contribution < -0.4 is 0 Å². The van der Waals surface area contributed by atoms with E-state index >= 15 is 0 Å². The summed E-state index contributed by atoms with van der Waals surface area (Å²) in [5.74, 6) is 1.11. The van der Waals surface area contributed by atoms with Crippen LogP contribution in [0.5, 0.6) is 0 Å². The third-order valence-electron chi connectivity index (χ3n) is 1.95. The van der Waals surface area contributed by atoms with E-state index in [-0.39, 0.29) is 5.82 Å². The van der Waals surface area contributed by atoms with Gasteiger partial charge in [-0.1, -0.05) is 12.1 Å². The fourth-order valence-electron chi connectivity index (χ4n) is 1.39. The van der Waals surface area contributed by atoms with Gasteiger partial charge >= 0.3 is 0 Å². The summed E-state index contributed by atoms with van der Waals surface area (Å²) in [6, 6.07) is 6.33. The Labute approximate surface area is 81.2 Å². The molecule has 3 nitrogen and oxygen atoms in total. The zero-order valence-electron chi connectivity index (χ0n) is 8.03. The summed E-state index contributed by atoms with van der Waals surface area (Å²) < 4.78 is 14.6. The van der Waals surface area contributed by atoms with Crippen LogP contribution in [0.4, 0.5) is 4.39 Å². The Bertz CT molecular complexity index is 462. The van der Waals surface area contributed by atoms with E-state index in [1.807, 2.05) is 13.0 Å². The van der Waals surface area contributed by atoms with Crippen molar-refractivity contribution in [2.24, 2.45) is 7.05 Å². The standard InChI is InChI=1S/C10H10FN3/c1-7-12-10(14(2)13-7)8-4-3-5-9(11)6-8/h3-6H,1-2H3. The second-order valence-electron chi connectivity index (χ2n) is 3.12. The van der Waals surface area contributed by atoms with Crippen LogP contribution in [0.3, 0.4) is 0 Å². The van der Waals surface area contributed by atoms with Crippen LogP contribution >= 0.6 is 0 Å². The molecule has 0 amide bonds. The smallest absolute Gasteiger partial charge is 0.158 e. The number of nitrogens with zero attached hydrogens (tertiary/aromatic N) is 3. The molecule has 0 fully saturated rings. The van der Waals surface area contributed by atoms with Gasteiger partial charge in [0, 0.05) is 12.6 Å². The first kappa shape index (κ1) is 8.87. The molecule has 4 heteroatoms. The molecule has 0 aliphatic rings. The van der Waals surface area contributed by atoms with Crippen molar-refractivity contribution in [3.8, 4) is 11.4 Å². The SMILES string of the molecule is Cc1nc(-c2cccc(F)c2)n(C)n1. The third-order valence-corrected chi connectivity index (χ3v) is 1.95. The summed E-state index contributed by atoms with van der Waals surface area (Å²) in [5, 5.41) is 4.10. The molecule has 0 bridgehead atoms. The fraction of sp³-hybridized carbons (Fsp3) is 0.200. The number of aromatic nitrogens is 3. The lowest BCUT2D eigenvalue weighted by Crippen LogP contribution is -1.94. The van der Waals surface area contributed by atoms with Gasteiger partial charge in [-0.05, 0) is 19.1 Å². The van der Waals surface area contributed by atoms with E-state index in [0.717, 1.165) is 5.56 Å². The molecule has 0 aliphatic heterocycles. The molecule has 2 aromatic rings. The average molecular weight is 191 g/mol. The summed E-state index contributed by atoms with van der Waals surface area (Å²) in [6.45, 7) is 1.81. The van der Waals surface area contributed by atoms with E-state index in [4.69, 9.17) is 0 Å². The molecule has 0 spiro atoms. The molecule has 1 aromatic carbocycles. The van der Waals surface area contributed by atoms with E-state index in [9.17, 15) is 4.39 Å². The minimum absolute atomic E-state index is 0.261. The highest BCUT2D eigenvalue weighted by Gasteiger charge is 2.06. The number of hydrogen-bond acceptors (Lipinski definition) is 2. The van der Waals surface area contributed by atoms with Crippen LogP contribution in [0.15, 0.2) is 24.3 Å². The number of halogens is 1. The molecule has 0 N–H and O–H groups in total. The average Bonchev–Trinajstić information content (AvgIpc) is 2.45. The second kappa shape index (κ2) is 3.21. The van der Waals surface area contributed by atoms with Gasteiger partial charge in [0.2, 0.25) is 0 Å². The largest absolute Gasteiger partial charge is 0.249 e. The number of rotatable bonds is 1. The predicted molar refractivity (Wildman–Crippen MR) is 51.1 cm³/mol. The second-order valence-corrected chi connectivity index (χ2v) is 3.12. The molecule has 2 rings (SSSR count). The molecule has 0 saturated carbocycles. The maximum absolute atomic E-state index is 12.9. The summed E-state index contributed by atoms with van der Waals surface area (Å²) >= 11 is 0. The Balaban J connectivity index is 2.54. The van der Waals surface area contributed by atoms with Crippen LogP contribution in [-0.2, 0) is 7.05 Å². The highest BCUT2D eigenvalue weighted by molar-refractivity contribution is 5.54. The number of aryl methyl sites for hydroxylation is 2. The molecule has 0 radical (unpaired) electrons. The van der Waals surface area contributed by atoms with Gasteiger partial charge in [-0.3, -0.25) is 0 Å². The molecule has 1 aromatic heterocycles. The van der Waals surface area contributed by atoms with Crippen LogP contribution in [0.1, 0.15) is 5.82 Å². The summed E-state index contributed by atoms with van der Waals surface area (Å²) in [5.41, 5.74) is 0.744. The lowest BCUT2D eigenvalue weighted by Gasteiger charge is -1.99. The van der Waals surface area contributed by atoms with Crippen molar-refractivity contribution in [3.05, 3.63) is 35.9 Å². The minimum atomic E-state index is -0.261. The van der Waals surface area contributed by atoms with Gasteiger partial charge in [-0.25, -0.2) is 14.1 Å². The van der Waals surface area contributed by atoms with E-state index < -0.39 is 0 Å². The van der Waals surface area contributed by atoms with Gasteiger partial charge in [0.15, 0.2) is 5.82 Å². The summed E-state index contributed by atoms with van der Waals surface area (Å²) in [6.07, 6.45) is 0. The molecule has 0 saturated heterocycles. The molecule has 1 heterocycles. The van der Waals surface area contributed by atoms with Gasteiger partial charge in [0.1, 0.15) is 11.6 Å². The quantitative estimate of drug-likeness (QED) is 0.689. The number of hydrogen-bond donors (Lipinski definition) is 0. The van der Waals surface area contributed by atoms with Gasteiger partial charge in [-0.2, -0.15) is 5.10 Å². The van der Waals surface area contributed by atoms with Crippen LogP contribution in [-0.4, -0.2) is 14.8 Å². The maximum atomic E-state index is 12.9. The van der Waals surface area contributed by atoms with Gasteiger partial charge in [-0.15, -0.1) is 0 Å². The van der Waals surface area contributed by atoms with Crippen molar-refractivity contribution in [1.82, 2.24) is 14.8 Å². The lowest BCUT2D eigenvalue weighted by molar-refractivity contribution is 0.628. The molecule has 0 unspecified atom stereocenters. The predicted octanol–water partition coefficient (Wildman–Crippen LogP) is 1.93. The molecule has 14 heavy (non-hydrogen) atoms. The Morgan fingerprint density at radius 2 is 2.14 bits per heavy atom. The molecule has 0 aliphatic carbocycles. The van der Waals surface area contributed by atoms with Crippen molar-refractivity contribution >= 4 is 0 Å². The van der Waals surface area contributed by atoms with Crippen LogP contribution in [0, 0.1) is 12.7 Å². The van der Waals surface area contributed by atoms with E-state index in [1.165, 1.54) is 12.1 Å². The zero-order valence-corrected chi connectivity index (χ0v) is 8.03. The zero-order chi connectivity index (χ0) is 10.1. The van der Waals surface area contributed by atoms with Crippen molar-refractivity contribution in [1.29, 1.82) is 0 Å². The monoisotopic (exact) mass is 191 g/mol. The topological polar surface area (TPSA) is 30.7 Å². The summed E-state index contributed by atoms with van der Waals surface area (Å²) in [7, 11) is 1.79. The minimum Gasteiger partial charge on any atom is -0.249 e.